The molecular weight excluding hydrogens is 344 g/mol. The van der Waals surface area contributed by atoms with Gasteiger partial charge in [0.1, 0.15) is 12.1 Å². The fourth-order valence-corrected chi connectivity index (χ4v) is 3.66. The summed E-state index contributed by atoms with van der Waals surface area (Å²) in [5.74, 6) is -3.01. The molecule has 2 rings (SSSR count). The fraction of sp³-hybridized carbons (Fsp3) is 0.824. The number of nitrogens with zero attached hydrogens (tertiary/aromatic N) is 1. The summed E-state index contributed by atoms with van der Waals surface area (Å²) >= 11 is 0. The summed E-state index contributed by atoms with van der Waals surface area (Å²) in [5.41, 5.74) is 0. The highest BCUT2D eigenvalue weighted by molar-refractivity contribution is 5.90. The second-order valence-corrected chi connectivity index (χ2v) is 7.39. The van der Waals surface area contributed by atoms with Crippen LogP contribution in [0.5, 0.6) is 0 Å². The molecule has 2 N–H and O–H groups in total. The lowest BCUT2D eigenvalue weighted by atomic mass is 10.0. The Labute approximate surface area is 152 Å². The molecule has 2 amide bonds. The minimum absolute atomic E-state index is 0.00352. The van der Waals surface area contributed by atoms with E-state index in [4.69, 9.17) is 9.47 Å². The third-order valence-corrected chi connectivity index (χ3v) is 4.75. The molecule has 0 saturated carbocycles. The van der Waals surface area contributed by atoms with E-state index in [1.807, 2.05) is 13.8 Å². The summed E-state index contributed by atoms with van der Waals surface area (Å²) in [7, 11) is 1.20. The zero-order valence-electron chi connectivity index (χ0n) is 15.9. The molecule has 4 atom stereocenters. The predicted octanol–water partition coefficient (Wildman–Crippen LogP) is 0.963. The summed E-state index contributed by atoms with van der Waals surface area (Å²) in [6.07, 6.45) is -0.197. The predicted molar refractivity (Wildman–Crippen MR) is 90.4 cm³/mol. The van der Waals surface area contributed by atoms with Crippen molar-refractivity contribution in [2.75, 3.05) is 13.7 Å². The van der Waals surface area contributed by atoms with E-state index in [0.29, 0.717) is 6.42 Å². The van der Waals surface area contributed by atoms with Gasteiger partial charge in [-0.15, -0.1) is 0 Å². The zero-order chi connectivity index (χ0) is 19.6. The average molecular weight is 372 g/mol. The van der Waals surface area contributed by atoms with Gasteiger partial charge >= 0.3 is 12.1 Å². The summed E-state index contributed by atoms with van der Waals surface area (Å²) in [5, 5.41) is 12.1. The van der Waals surface area contributed by atoms with E-state index < -0.39 is 35.8 Å². The first kappa shape index (κ1) is 20.4. The lowest BCUT2D eigenvalue weighted by Gasteiger charge is -2.40. The highest BCUT2D eigenvalue weighted by atomic mass is 16.7. The van der Waals surface area contributed by atoms with Gasteiger partial charge in [0.05, 0.1) is 25.9 Å². The maximum Gasteiger partial charge on any atom is 0.407 e. The number of ether oxygens (including phenoxy) is 3. The number of carboxylic acid groups (broad SMARTS) is 1. The van der Waals surface area contributed by atoms with Gasteiger partial charge in [0.25, 0.3) is 0 Å². The smallest absolute Gasteiger partial charge is 0.407 e. The van der Waals surface area contributed by atoms with Gasteiger partial charge in [0.2, 0.25) is 5.91 Å². The summed E-state index contributed by atoms with van der Waals surface area (Å²) < 4.78 is 16.4. The first-order valence-corrected chi connectivity index (χ1v) is 8.82. The number of carbonyl (C=O) groups is 3. The molecule has 2 fully saturated rings. The number of hydrogen-bond donors (Lipinski definition) is 2. The van der Waals surface area contributed by atoms with Crippen LogP contribution in [0, 0.1) is 5.92 Å². The molecular formula is C17H28N2O7. The monoisotopic (exact) mass is 372 g/mol. The third-order valence-electron chi connectivity index (χ3n) is 4.75. The largest absolute Gasteiger partial charge is 0.480 e. The van der Waals surface area contributed by atoms with Crippen molar-refractivity contribution in [1.29, 1.82) is 0 Å². The molecule has 0 aromatic carbocycles. The standard InChI is InChI=1S/C17H28N2O7/c1-9(2)13(18-16(23)24-5)14(20)19-8-17(7-12(19)15(21)22)25-10(3)6-11(4)26-17/h9-13H,6-8H2,1-5H3,(H,18,23)(H,21,22)/t10-,11-,12?,13-/m0/s1. The average Bonchev–Trinajstić information content (AvgIpc) is 2.89. The summed E-state index contributed by atoms with van der Waals surface area (Å²) in [6.45, 7) is 7.33. The van der Waals surface area contributed by atoms with Crippen molar-refractivity contribution >= 4 is 18.0 Å². The molecule has 0 aliphatic carbocycles. The second kappa shape index (κ2) is 7.79. The molecule has 0 aromatic heterocycles. The van der Waals surface area contributed by atoms with E-state index in [2.05, 4.69) is 10.1 Å². The Morgan fingerprint density at radius 3 is 2.27 bits per heavy atom. The molecule has 0 bridgehead atoms. The number of carboxylic acids is 1. The number of likely N-dealkylation sites (tertiary alicyclic amines) is 1. The molecule has 2 saturated heterocycles. The number of alkyl carbamates (subject to hydrolysis) is 1. The molecule has 1 unspecified atom stereocenters. The first-order valence-electron chi connectivity index (χ1n) is 8.82. The Bertz CT molecular complexity index is 555. The van der Waals surface area contributed by atoms with Crippen LogP contribution in [-0.2, 0) is 23.8 Å². The lowest BCUT2D eigenvalue weighted by molar-refractivity contribution is -0.303. The van der Waals surface area contributed by atoms with Crippen molar-refractivity contribution in [3.8, 4) is 0 Å². The maximum atomic E-state index is 13.0. The topological polar surface area (TPSA) is 114 Å². The fourth-order valence-electron chi connectivity index (χ4n) is 3.66. The molecule has 2 heterocycles. The maximum absolute atomic E-state index is 13.0. The molecule has 9 heteroatoms. The molecule has 0 aromatic rings. The summed E-state index contributed by atoms with van der Waals surface area (Å²) in [4.78, 5) is 37.6. The normalized spacial score (nSPS) is 32.5. The molecule has 148 valence electrons. The van der Waals surface area contributed by atoms with Crippen LogP contribution in [0.2, 0.25) is 0 Å². The van der Waals surface area contributed by atoms with Gasteiger partial charge in [-0.05, 0) is 26.2 Å². The molecule has 1 spiro atoms. The van der Waals surface area contributed by atoms with Gasteiger partial charge in [-0.25, -0.2) is 9.59 Å². The van der Waals surface area contributed by atoms with E-state index in [0.717, 1.165) is 0 Å². The third kappa shape index (κ3) is 4.27. The highest BCUT2D eigenvalue weighted by Crippen LogP contribution is 2.38. The molecule has 26 heavy (non-hydrogen) atoms. The quantitative estimate of drug-likeness (QED) is 0.755. The van der Waals surface area contributed by atoms with Crippen molar-refractivity contribution < 1.29 is 33.7 Å². The van der Waals surface area contributed by atoms with Gasteiger partial charge in [-0.1, -0.05) is 13.8 Å². The van der Waals surface area contributed by atoms with E-state index in [9.17, 15) is 19.5 Å². The van der Waals surface area contributed by atoms with Crippen molar-refractivity contribution in [3.63, 3.8) is 0 Å². The van der Waals surface area contributed by atoms with Gasteiger partial charge < -0.3 is 29.5 Å². The van der Waals surface area contributed by atoms with Gasteiger partial charge in [0.15, 0.2) is 5.79 Å². The van der Waals surface area contributed by atoms with Gasteiger partial charge in [-0.3, -0.25) is 4.79 Å². The van der Waals surface area contributed by atoms with E-state index in [1.165, 1.54) is 12.0 Å². The molecule has 2 aliphatic rings. The summed E-state index contributed by atoms with van der Waals surface area (Å²) in [6, 6.07) is -1.99. The number of carbonyl (C=O) groups excluding carboxylic acids is 2. The van der Waals surface area contributed by atoms with Crippen molar-refractivity contribution in [2.24, 2.45) is 5.92 Å². The SMILES string of the molecule is COC(=O)N[C@H](C(=O)N1CC2(CC1C(=O)O)O[C@@H](C)C[C@H](C)O2)C(C)C. The number of methoxy groups -OCH3 is 1. The van der Waals surface area contributed by atoms with Crippen molar-refractivity contribution in [2.45, 2.75) is 70.6 Å². The van der Waals surface area contributed by atoms with Crippen LogP contribution in [0.25, 0.3) is 0 Å². The van der Waals surface area contributed by atoms with Crippen LogP contribution in [0.4, 0.5) is 4.79 Å². The number of aliphatic carboxylic acids is 1. The lowest BCUT2D eigenvalue weighted by Crippen LogP contribution is -2.55. The Kier molecular flexibility index (Phi) is 6.13. The van der Waals surface area contributed by atoms with Crippen LogP contribution in [-0.4, -0.2) is 71.7 Å². The number of nitrogens with one attached hydrogen (secondary N) is 1. The Morgan fingerprint density at radius 2 is 1.81 bits per heavy atom. The minimum atomic E-state index is -1.14. The van der Waals surface area contributed by atoms with Crippen molar-refractivity contribution in [3.05, 3.63) is 0 Å². The van der Waals surface area contributed by atoms with Crippen LogP contribution >= 0.6 is 0 Å². The zero-order valence-corrected chi connectivity index (χ0v) is 15.9. The molecule has 9 nitrogen and oxygen atoms in total. The Hall–Kier alpha value is -1.87. The van der Waals surface area contributed by atoms with Crippen LogP contribution in [0.3, 0.4) is 0 Å². The van der Waals surface area contributed by atoms with Crippen molar-refractivity contribution in [1.82, 2.24) is 10.2 Å². The second-order valence-electron chi connectivity index (χ2n) is 7.39. The molecule has 2 aliphatic heterocycles. The van der Waals surface area contributed by atoms with E-state index in [1.54, 1.807) is 13.8 Å². The van der Waals surface area contributed by atoms with Crippen LogP contribution in [0.15, 0.2) is 0 Å². The van der Waals surface area contributed by atoms with E-state index in [-0.39, 0.29) is 31.1 Å². The molecule has 0 radical (unpaired) electrons. The first-order chi connectivity index (χ1) is 12.1. The van der Waals surface area contributed by atoms with Crippen LogP contribution < -0.4 is 5.32 Å². The van der Waals surface area contributed by atoms with Crippen LogP contribution in [0.1, 0.15) is 40.5 Å². The minimum Gasteiger partial charge on any atom is -0.480 e. The number of hydrogen-bond acceptors (Lipinski definition) is 6. The van der Waals surface area contributed by atoms with E-state index >= 15 is 0 Å². The number of rotatable bonds is 4. The van der Waals surface area contributed by atoms with Gasteiger partial charge in [0, 0.05) is 6.42 Å². The highest BCUT2D eigenvalue weighted by Gasteiger charge is 2.54. The van der Waals surface area contributed by atoms with Gasteiger partial charge in [-0.2, -0.15) is 0 Å². The number of amides is 2. The Morgan fingerprint density at radius 1 is 1.23 bits per heavy atom. The Balaban J connectivity index is 2.25.